The average molecular weight is 254 g/mol. The highest BCUT2D eigenvalue weighted by atomic mass is 16.1. The van der Waals surface area contributed by atoms with E-state index in [1.54, 1.807) is 0 Å². The molecule has 1 fully saturated rings. The van der Waals surface area contributed by atoms with Crippen molar-refractivity contribution in [2.75, 3.05) is 13.1 Å². The summed E-state index contributed by atoms with van der Waals surface area (Å²) < 4.78 is 0. The second-order valence-corrected chi connectivity index (χ2v) is 5.85. The van der Waals surface area contributed by atoms with Gasteiger partial charge in [0.25, 0.3) is 0 Å². The normalized spacial score (nSPS) is 24.1. The summed E-state index contributed by atoms with van der Waals surface area (Å²) in [5.41, 5.74) is 5.27. The fourth-order valence-corrected chi connectivity index (χ4v) is 3.00. The van der Waals surface area contributed by atoms with Crippen molar-refractivity contribution in [2.24, 2.45) is 17.6 Å². The Kier molecular flexibility index (Phi) is 8.06. The smallest absolute Gasteiger partial charge is 0.217 e. The minimum atomic E-state index is -0.151. The number of unbranched alkanes of at least 4 members (excludes halogenated alkanes) is 5. The Morgan fingerprint density at radius 2 is 1.78 bits per heavy atom. The Balaban J connectivity index is 2.05. The number of piperidine rings is 1. The van der Waals surface area contributed by atoms with E-state index >= 15 is 0 Å². The van der Waals surface area contributed by atoms with Gasteiger partial charge in [0, 0.05) is 6.42 Å². The van der Waals surface area contributed by atoms with Crippen molar-refractivity contribution < 1.29 is 4.79 Å². The van der Waals surface area contributed by atoms with Crippen molar-refractivity contribution in [2.45, 2.75) is 64.7 Å². The highest BCUT2D eigenvalue weighted by Crippen LogP contribution is 2.24. The zero-order valence-corrected chi connectivity index (χ0v) is 11.9. The predicted octanol–water partition coefficient (Wildman–Crippen LogP) is 2.84. The van der Waals surface area contributed by atoms with Crippen LogP contribution in [0.15, 0.2) is 0 Å². The first-order valence-electron chi connectivity index (χ1n) is 7.71. The van der Waals surface area contributed by atoms with Gasteiger partial charge in [-0.3, -0.25) is 4.79 Å². The number of carbonyl (C=O) groups is 1. The van der Waals surface area contributed by atoms with Crippen molar-refractivity contribution >= 4 is 5.91 Å². The zero-order chi connectivity index (χ0) is 13.2. The van der Waals surface area contributed by atoms with Gasteiger partial charge in [0.15, 0.2) is 0 Å². The summed E-state index contributed by atoms with van der Waals surface area (Å²) in [4.78, 5) is 10.9. The molecule has 106 valence electrons. The van der Waals surface area contributed by atoms with Crippen molar-refractivity contribution in [1.82, 2.24) is 5.32 Å². The van der Waals surface area contributed by atoms with Gasteiger partial charge in [-0.25, -0.2) is 0 Å². The maximum absolute atomic E-state index is 10.9. The molecule has 0 aromatic heterocycles. The molecule has 0 aromatic rings. The molecule has 3 heteroatoms. The van der Waals surface area contributed by atoms with Gasteiger partial charge < -0.3 is 11.1 Å². The van der Waals surface area contributed by atoms with Crippen LogP contribution in [0.25, 0.3) is 0 Å². The Hall–Kier alpha value is -0.570. The van der Waals surface area contributed by atoms with Crippen LogP contribution in [0.2, 0.25) is 0 Å². The van der Waals surface area contributed by atoms with E-state index in [9.17, 15) is 4.79 Å². The fourth-order valence-electron chi connectivity index (χ4n) is 3.00. The molecule has 1 saturated heterocycles. The van der Waals surface area contributed by atoms with Crippen molar-refractivity contribution in [3.05, 3.63) is 0 Å². The molecule has 3 nitrogen and oxygen atoms in total. The highest BCUT2D eigenvalue weighted by Gasteiger charge is 2.22. The molecular formula is C15H30N2O. The summed E-state index contributed by atoms with van der Waals surface area (Å²) in [6.07, 6.45) is 11.3. The molecule has 0 bridgehead atoms. The minimum absolute atomic E-state index is 0.151. The van der Waals surface area contributed by atoms with E-state index in [4.69, 9.17) is 5.73 Å². The third kappa shape index (κ3) is 7.00. The van der Waals surface area contributed by atoms with E-state index in [1.165, 1.54) is 51.4 Å². The zero-order valence-electron chi connectivity index (χ0n) is 11.9. The van der Waals surface area contributed by atoms with Crippen LogP contribution in [0.4, 0.5) is 0 Å². The molecule has 1 heterocycles. The third-order valence-electron chi connectivity index (χ3n) is 3.99. The lowest BCUT2D eigenvalue weighted by atomic mass is 9.85. The number of primary amides is 1. The van der Waals surface area contributed by atoms with Crippen molar-refractivity contribution in [3.8, 4) is 0 Å². The first-order chi connectivity index (χ1) is 8.72. The monoisotopic (exact) mass is 254 g/mol. The maximum Gasteiger partial charge on any atom is 0.217 e. The number of hydrogen-bond acceptors (Lipinski definition) is 2. The summed E-state index contributed by atoms with van der Waals surface area (Å²) in [5.74, 6) is 1.08. The highest BCUT2D eigenvalue weighted by molar-refractivity contribution is 5.74. The van der Waals surface area contributed by atoms with Gasteiger partial charge in [-0.15, -0.1) is 0 Å². The number of hydrogen-bond donors (Lipinski definition) is 2. The SMILES string of the molecule is CCCCCCCCC1CNCC(CC(N)=O)C1. The molecule has 2 unspecified atom stereocenters. The summed E-state index contributed by atoms with van der Waals surface area (Å²) in [6.45, 7) is 4.35. The van der Waals surface area contributed by atoms with Crippen LogP contribution in [-0.4, -0.2) is 19.0 Å². The van der Waals surface area contributed by atoms with E-state index in [1.807, 2.05) is 0 Å². The maximum atomic E-state index is 10.9. The van der Waals surface area contributed by atoms with Crippen LogP contribution in [0, 0.1) is 11.8 Å². The lowest BCUT2D eigenvalue weighted by molar-refractivity contribution is -0.119. The van der Waals surface area contributed by atoms with Crippen molar-refractivity contribution in [1.29, 1.82) is 0 Å². The van der Waals surface area contributed by atoms with E-state index < -0.39 is 0 Å². The van der Waals surface area contributed by atoms with E-state index in [0.717, 1.165) is 19.0 Å². The lowest BCUT2D eigenvalue weighted by Crippen LogP contribution is -2.37. The topological polar surface area (TPSA) is 55.1 Å². The first kappa shape index (κ1) is 15.5. The second kappa shape index (κ2) is 9.37. The molecule has 18 heavy (non-hydrogen) atoms. The Morgan fingerprint density at radius 1 is 1.11 bits per heavy atom. The molecule has 1 amide bonds. The summed E-state index contributed by atoms with van der Waals surface area (Å²) in [5, 5.41) is 3.44. The van der Waals surface area contributed by atoms with Gasteiger partial charge in [0.1, 0.15) is 0 Å². The van der Waals surface area contributed by atoms with Gasteiger partial charge >= 0.3 is 0 Å². The van der Waals surface area contributed by atoms with Crippen LogP contribution in [0.1, 0.15) is 64.7 Å². The van der Waals surface area contributed by atoms with Crippen LogP contribution < -0.4 is 11.1 Å². The first-order valence-corrected chi connectivity index (χ1v) is 7.71. The molecular weight excluding hydrogens is 224 g/mol. The molecule has 0 spiro atoms. The Morgan fingerprint density at radius 3 is 2.50 bits per heavy atom. The summed E-state index contributed by atoms with van der Waals surface area (Å²) >= 11 is 0. The molecule has 0 radical (unpaired) electrons. The van der Waals surface area contributed by atoms with E-state index in [0.29, 0.717) is 12.3 Å². The van der Waals surface area contributed by atoms with Crippen LogP contribution in [0.5, 0.6) is 0 Å². The molecule has 1 aliphatic heterocycles. The van der Waals surface area contributed by atoms with Gasteiger partial charge in [-0.05, 0) is 37.8 Å². The predicted molar refractivity (Wildman–Crippen MR) is 76.3 cm³/mol. The molecule has 1 aliphatic rings. The van der Waals surface area contributed by atoms with Gasteiger partial charge in [0.2, 0.25) is 5.91 Å². The Labute approximate surface area is 112 Å². The van der Waals surface area contributed by atoms with E-state index in [-0.39, 0.29) is 5.91 Å². The molecule has 3 N–H and O–H groups in total. The lowest BCUT2D eigenvalue weighted by Gasteiger charge is -2.29. The van der Waals surface area contributed by atoms with E-state index in [2.05, 4.69) is 12.2 Å². The number of amides is 1. The van der Waals surface area contributed by atoms with Crippen LogP contribution >= 0.6 is 0 Å². The van der Waals surface area contributed by atoms with Gasteiger partial charge in [-0.1, -0.05) is 45.4 Å². The molecule has 0 aromatic carbocycles. The standard InChI is InChI=1S/C15H30N2O/c1-2-3-4-5-6-7-8-13-9-14(10-15(16)18)12-17-11-13/h13-14,17H,2-12H2,1H3,(H2,16,18). The van der Waals surface area contributed by atoms with Crippen molar-refractivity contribution in [3.63, 3.8) is 0 Å². The third-order valence-corrected chi connectivity index (χ3v) is 3.99. The quantitative estimate of drug-likeness (QED) is 0.622. The summed E-state index contributed by atoms with van der Waals surface area (Å²) in [6, 6.07) is 0. The number of carbonyl (C=O) groups excluding carboxylic acids is 1. The minimum Gasteiger partial charge on any atom is -0.370 e. The van der Waals surface area contributed by atoms with Gasteiger partial charge in [0.05, 0.1) is 0 Å². The average Bonchev–Trinajstić information content (AvgIpc) is 2.33. The number of nitrogens with one attached hydrogen (secondary N) is 1. The number of rotatable bonds is 9. The molecule has 0 saturated carbocycles. The summed E-state index contributed by atoms with van der Waals surface area (Å²) in [7, 11) is 0. The fraction of sp³-hybridized carbons (Fsp3) is 0.933. The van der Waals surface area contributed by atoms with Gasteiger partial charge in [-0.2, -0.15) is 0 Å². The molecule has 0 aliphatic carbocycles. The van der Waals surface area contributed by atoms with Crippen LogP contribution in [0.3, 0.4) is 0 Å². The van der Waals surface area contributed by atoms with Crippen LogP contribution in [-0.2, 0) is 4.79 Å². The second-order valence-electron chi connectivity index (χ2n) is 5.85. The number of nitrogens with two attached hydrogens (primary N) is 1. The largest absolute Gasteiger partial charge is 0.370 e. The Bertz CT molecular complexity index is 231. The molecule has 1 rings (SSSR count). The molecule has 2 atom stereocenters.